The van der Waals surface area contributed by atoms with E-state index < -0.39 is 22.9 Å². The Balaban J connectivity index is 1.62. The summed E-state index contributed by atoms with van der Waals surface area (Å²) in [6.07, 6.45) is -2.54. The number of hydrogen-bond donors (Lipinski definition) is 2. The fourth-order valence-corrected chi connectivity index (χ4v) is 5.56. The largest absolute Gasteiger partial charge is 0.443 e. The van der Waals surface area contributed by atoms with Crippen LogP contribution in [0.2, 0.25) is 5.02 Å². The second kappa shape index (κ2) is 7.52. The quantitative estimate of drug-likeness (QED) is 0.612. The fourth-order valence-electron chi connectivity index (χ4n) is 4.46. The number of aromatic nitrogens is 1. The first-order valence-electron chi connectivity index (χ1n) is 9.14. The first-order chi connectivity index (χ1) is 13.6. The molecule has 0 saturated heterocycles. The number of nitrogens with one attached hydrogen (secondary N) is 1. The molecule has 0 bridgehead atoms. The van der Waals surface area contributed by atoms with Crippen LogP contribution in [0.4, 0.5) is 23.2 Å². The van der Waals surface area contributed by atoms with E-state index in [0.29, 0.717) is 37.0 Å². The van der Waals surface area contributed by atoms with Crippen molar-refractivity contribution in [2.45, 2.75) is 43.9 Å². The standard InChI is InChI=1S/C19H17ClF4N2O2S/c20-13-7-11(1-2-14(13)21)25-17(28)16-15(26-18(29-16)19(22,23)24)10-3-8-5-12(27)6-9(8)4-10/h1-2,7-10,12,27H,3-6H2,(H,25,28). The second-order valence-corrected chi connectivity index (χ2v) is 9.03. The Kier molecular flexibility index (Phi) is 5.33. The number of aliphatic hydroxyl groups excluding tert-OH is 1. The molecule has 1 aromatic carbocycles. The highest BCUT2D eigenvalue weighted by Gasteiger charge is 2.45. The first kappa shape index (κ1) is 20.6. The van der Waals surface area contributed by atoms with Crippen LogP contribution in [0.5, 0.6) is 0 Å². The molecule has 10 heteroatoms. The van der Waals surface area contributed by atoms with Crippen molar-refractivity contribution in [3.63, 3.8) is 0 Å². The molecular weight excluding hydrogens is 432 g/mol. The van der Waals surface area contributed by atoms with Gasteiger partial charge in [0.15, 0.2) is 5.01 Å². The molecule has 0 spiro atoms. The number of hydrogen-bond acceptors (Lipinski definition) is 4. The lowest BCUT2D eigenvalue weighted by atomic mass is 9.98. The molecule has 4 rings (SSSR count). The maximum Gasteiger partial charge on any atom is 0.443 e. The van der Waals surface area contributed by atoms with Crippen molar-refractivity contribution in [3.8, 4) is 0 Å². The Hall–Kier alpha value is -1.71. The van der Waals surface area contributed by atoms with E-state index in [1.807, 2.05) is 0 Å². The molecule has 2 fully saturated rings. The zero-order chi connectivity index (χ0) is 20.9. The highest BCUT2D eigenvalue weighted by molar-refractivity contribution is 7.14. The number of halogens is 5. The van der Waals surface area contributed by atoms with Gasteiger partial charge in [0.1, 0.15) is 10.7 Å². The predicted molar refractivity (Wildman–Crippen MR) is 101 cm³/mol. The number of aliphatic hydroxyl groups is 1. The third-order valence-corrected chi connectivity index (χ3v) is 7.06. The van der Waals surface area contributed by atoms with E-state index in [9.17, 15) is 27.5 Å². The minimum Gasteiger partial charge on any atom is -0.393 e. The smallest absolute Gasteiger partial charge is 0.393 e. The monoisotopic (exact) mass is 448 g/mol. The summed E-state index contributed by atoms with van der Waals surface area (Å²) in [7, 11) is 0. The van der Waals surface area contributed by atoms with Crippen molar-refractivity contribution in [1.82, 2.24) is 4.98 Å². The van der Waals surface area contributed by atoms with E-state index in [1.165, 1.54) is 12.1 Å². The lowest BCUT2D eigenvalue weighted by Gasteiger charge is -2.12. The van der Waals surface area contributed by atoms with Crippen LogP contribution in [0.15, 0.2) is 18.2 Å². The van der Waals surface area contributed by atoms with Gasteiger partial charge >= 0.3 is 6.18 Å². The van der Waals surface area contributed by atoms with Crippen LogP contribution in [0.25, 0.3) is 0 Å². The lowest BCUT2D eigenvalue weighted by Crippen LogP contribution is -2.14. The normalized spacial score (nSPS) is 26.6. The number of benzene rings is 1. The number of thiazole rings is 1. The molecular formula is C19H17ClF4N2O2S. The number of anilines is 1. The molecule has 2 N–H and O–H groups in total. The molecule has 156 valence electrons. The van der Waals surface area contributed by atoms with Gasteiger partial charge in [-0.2, -0.15) is 13.2 Å². The summed E-state index contributed by atoms with van der Waals surface area (Å²) in [5.74, 6) is -1.19. The molecule has 2 unspecified atom stereocenters. The van der Waals surface area contributed by atoms with E-state index in [1.54, 1.807) is 0 Å². The van der Waals surface area contributed by atoms with Crippen molar-refractivity contribution in [2.24, 2.45) is 11.8 Å². The van der Waals surface area contributed by atoms with Gasteiger partial charge in [-0.3, -0.25) is 4.79 Å². The zero-order valence-electron chi connectivity index (χ0n) is 15.0. The van der Waals surface area contributed by atoms with Gasteiger partial charge in [-0.1, -0.05) is 11.6 Å². The summed E-state index contributed by atoms with van der Waals surface area (Å²) >= 11 is 6.02. The number of rotatable bonds is 3. The molecule has 2 aromatic rings. The molecule has 1 aromatic heterocycles. The van der Waals surface area contributed by atoms with Crippen LogP contribution in [-0.2, 0) is 6.18 Å². The minimum atomic E-state index is -4.65. The summed E-state index contributed by atoms with van der Waals surface area (Å²) in [5, 5.41) is 11.0. The molecule has 2 saturated carbocycles. The molecule has 2 atom stereocenters. The van der Waals surface area contributed by atoms with Crippen LogP contribution in [-0.4, -0.2) is 22.1 Å². The molecule has 4 nitrogen and oxygen atoms in total. The van der Waals surface area contributed by atoms with Crippen LogP contribution in [0.1, 0.15) is 52.0 Å². The molecule has 2 aliphatic carbocycles. The van der Waals surface area contributed by atoms with Crippen molar-refractivity contribution in [1.29, 1.82) is 0 Å². The summed E-state index contributed by atoms with van der Waals surface area (Å²) in [6.45, 7) is 0. The Morgan fingerprint density at radius 3 is 2.45 bits per heavy atom. The van der Waals surface area contributed by atoms with E-state index in [4.69, 9.17) is 11.6 Å². The average Bonchev–Trinajstić information content (AvgIpc) is 3.29. The average molecular weight is 449 g/mol. The third kappa shape index (κ3) is 4.13. The van der Waals surface area contributed by atoms with Crippen molar-refractivity contribution >= 4 is 34.5 Å². The van der Waals surface area contributed by atoms with Crippen molar-refractivity contribution < 1.29 is 27.5 Å². The van der Waals surface area contributed by atoms with Gasteiger partial charge in [0.2, 0.25) is 0 Å². The topological polar surface area (TPSA) is 62.2 Å². The zero-order valence-corrected chi connectivity index (χ0v) is 16.5. The number of carbonyl (C=O) groups excluding carboxylic acids is 1. The first-order valence-corrected chi connectivity index (χ1v) is 10.3. The van der Waals surface area contributed by atoms with Gasteiger partial charge in [-0.15, -0.1) is 11.3 Å². The summed E-state index contributed by atoms with van der Waals surface area (Å²) in [4.78, 5) is 16.4. The minimum absolute atomic E-state index is 0.0942. The van der Waals surface area contributed by atoms with Crippen LogP contribution in [0.3, 0.4) is 0 Å². The summed E-state index contributed by atoms with van der Waals surface area (Å²) in [5.41, 5.74) is 0.331. The highest BCUT2D eigenvalue weighted by Crippen LogP contribution is 2.52. The van der Waals surface area contributed by atoms with Gasteiger partial charge in [0, 0.05) is 11.6 Å². The SMILES string of the molecule is O=C(Nc1ccc(F)c(Cl)c1)c1sc(C(F)(F)F)nc1C1CC2CC(O)CC2C1. The number of carbonyl (C=O) groups is 1. The van der Waals surface area contributed by atoms with E-state index in [0.717, 1.165) is 6.07 Å². The van der Waals surface area contributed by atoms with Crippen LogP contribution in [0, 0.1) is 17.7 Å². The van der Waals surface area contributed by atoms with E-state index in [-0.39, 0.29) is 45.1 Å². The summed E-state index contributed by atoms with van der Waals surface area (Å²) in [6, 6.07) is 3.55. The predicted octanol–water partition coefficient (Wildman–Crippen LogP) is 5.47. The van der Waals surface area contributed by atoms with E-state index in [2.05, 4.69) is 10.3 Å². The maximum atomic E-state index is 13.3. The molecule has 0 radical (unpaired) electrons. The number of nitrogens with zero attached hydrogens (tertiary/aromatic N) is 1. The van der Waals surface area contributed by atoms with Crippen LogP contribution >= 0.6 is 22.9 Å². The Morgan fingerprint density at radius 2 is 1.86 bits per heavy atom. The molecule has 1 heterocycles. The van der Waals surface area contributed by atoms with Gasteiger partial charge in [0.05, 0.1) is 16.8 Å². The molecule has 0 aliphatic heterocycles. The Labute approximate surface area is 172 Å². The highest BCUT2D eigenvalue weighted by atomic mass is 35.5. The summed E-state index contributed by atoms with van der Waals surface area (Å²) < 4.78 is 53.1. The van der Waals surface area contributed by atoms with Gasteiger partial charge in [-0.05, 0) is 55.7 Å². The molecule has 1 amide bonds. The van der Waals surface area contributed by atoms with Gasteiger partial charge < -0.3 is 10.4 Å². The van der Waals surface area contributed by atoms with Crippen LogP contribution < -0.4 is 5.32 Å². The lowest BCUT2D eigenvalue weighted by molar-refractivity contribution is -0.137. The number of alkyl halides is 3. The molecule has 2 aliphatic rings. The van der Waals surface area contributed by atoms with Crippen molar-refractivity contribution in [3.05, 3.63) is 44.6 Å². The molecule has 29 heavy (non-hydrogen) atoms. The third-order valence-electron chi connectivity index (χ3n) is 5.66. The Bertz CT molecular complexity index is 935. The Morgan fingerprint density at radius 1 is 1.21 bits per heavy atom. The maximum absolute atomic E-state index is 13.3. The fraction of sp³-hybridized carbons (Fsp3) is 0.474. The van der Waals surface area contributed by atoms with Gasteiger partial charge in [-0.25, -0.2) is 9.37 Å². The van der Waals surface area contributed by atoms with E-state index >= 15 is 0 Å². The van der Waals surface area contributed by atoms with Gasteiger partial charge in [0.25, 0.3) is 5.91 Å². The number of fused-ring (bicyclic) bond motifs is 1. The van der Waals surface area contributed by atoms with Crippen molar-refractivity contribution in [2.75, 3.05) is 5.32 Å². The second-order valence-electron chi connectivity index (χ2n) is 7.63. The number of amides is 1.